The van der Waals surface area contributed by atoms with E-state index >= 15 is 0 Å². The number of nitrogens with zero attached hydrogens (tertiary/aromatic N) is 3. The maximum Gasteiger partial charge on any atom is 0.259 e. The Bertz CT molecular complexity index is 883. The average molecular weight is 320 g/mol. The lowest BCUT2D eigenvalue weighted by Crippen LogP contribution is -2.40. The van der Waals surface area contributed by atoms with Gasteiger partial charge in [-0.3, -0.25) is 9.20 Å². The van der Waals surface area contributed by atoms with E-state index in [1.54, 1.807) is 16.7 Å². The third kappa shape index (κ3) is 2.97. The van der Waals surface area contributed by atoms with Crippen molar-refractivity contribution in [2.24, 2.45) is 0 Å². The number of pyridine rings is 1. The third-order valence-corrected chi connectivity index (χ3v) is 4.52. The molecule has 0 bridgehead atoms. The minimum Gasteiger partial charge on any atom is -0.382 e. The molecule has 1 saturated heterocycles. The van der Waals surface area contributed by atoms with E-state index in [0.29, 0.717) is 11.7 Å². The van der Waals surface area contributed by atoms with Crippen LogP contribution >= 0.6 is 0 Å². The van der Waals surface area contributed by atoms with Gasteiger partial charge in [0.05, 0.1) is 0 Å². The van der Waals surface area contributed by atoms with E-state index < -0.39 is 0 Å². The predicted octanol–water partition coefficient (Wildman–Crippen LogP) is 2.78. The standard InChI is InChI=1S/C19H20N4O/c24-19-14-18(21-17-8-4-5-11-23(17)19)22-12-9-16(10-13-22)20-15-6-2-1-3-7-15/h1-8,11,14,16,20H,9-10,12-13H2. The number of benzene rings is 1. The van der Waals surface area contributed by atoms with Gasteiger partial charge in [0.1, 0.15) is 11.5 Å². The number of piperidine rings is 1. The number of hydrogen-bond acceptors (Lipinski definition) is 4. The molecular weight excluding hydrogens is 300 g/mol. The maximum atomic E-state index is 12.2. The summed E-state index contributed by atoms with van der Waals surface area (Å²) in [6, 6.07) is 18.0. The Hall–Kier alpha value is -2.82. The number of anilines is 2. The van der Waals surface area contributed by atoms with E-state index in [9.17, 15) is 4.79 Å². The van der Waals surface area contributed by atoms with Crippen molar-refractivity contribution in [3.8, 4) is 0 Å². The van der Waals surface area contributed by atoms with Crippen LogP contribution in [0, 0.1) is 0 Å². The first kappa shape index (κ1) is 14.8. The van der Waals surface area contributed by atoms with Gasteiger partial charge in [-0.15, -0.1) is 0 Å². The molecule has 0 atom stereocenters. The Morgan fingerprint density at radius 1 is 1.00 bits per heavy atom. The fourth-order valence-electron chi connectivity index (χ4n) is 3.23. The molecule has 5 nitrogen and oxygen atoms in total. The molecule has 1 fully saturated rings. The van der Waals surface area contributed by atoms with Gasteiger partial charge < -0.3 is 10.2 Å². The van der Waals surface area contributed by atoms with Crippen molar-refractivity contribution >= 4 is 17.2 Å². The number of aromatic nitrogens is 2. The second-order valence-corrected chi connectivity index (χ2v) is 6.15. The molecule has 1 N–H and O–H groups in total. The molecular formula is C19H20N4O. The number of rotatable bonds is 3. The van der Waals surface area contributed by atoms with Crippen molar-refractivity contribution in [2.75, 3.05) is 23.3 Å². The lowest BCUT2D eigenvalue weighted by Gasteiger charge is -2.33. The molecule has 0 saturated carbocycles. The first-order chi connectivity index (χ1) is 11.8. The maximum absolute atomic E-state index is 12.2. The van der Waals surface area contributed by atoms with Crippen LogP contribution in [0.2, 0.25) is 0 Å². The third-order valence-electron chi connectivity index (χ3n) is 4.52. The molecule has 5 heteroatoms. The van der Waals surface area contributed by atoms with E-state index in [1.165, 1.54) is 0 Å². The summed E-state index contributed by atoms with van der Waals surface area (Å²) in [5.41, 5.74) is 1.84. The fraction of sp³-hybridized carbons (Fsp3) is 0.263. The highest BCUT2D eigenvalue weighted by Gasteiger charge is 2.20. The normalized spacial score (nSPS) is 15.6. The summed E-state index contributed by atoms with van der Waals surface area (Å²) in [6.07, 6.45) is 3.82. The zero-order valence-electron chi connectivity index (χ0n) is 13.4. The van der Waals surface area contributed by atoms with E-state index in [2.05, 4.69) is 27.3 Å². The Morgan fingerprint density at radius 2 is 1.75 bits per heavy atom. The van der Waals surface area contributed by atoms with E-state index in [-0.39, 0.29) is 5.56 Å². The van der Waals surface area contributed by atoms with Crippen molar-refractivity contribution in [1.29, 1.82) is 0 Å². The fourth-order valence-corrected chi connectivity index (χ4v) is 3.23. The van der Waals surface area contributed by atoms with Crippen molar-refractivity contribution in [1.82, 2.24) is 9.38 Å². The summed E-state index contributed by atoms with van der Waals surface area (Å²) in [5, 5.41) is 3.58. The van der Waals surface area contributed by atoms with Crippen molar-refractivity contribution in [2.45, 2.75) is 18.9 Å². The largest absolute Gasteiger partial charge is 0.382 e. The molecule has 0 amide bonds. The summed E-state index contributed by atoms with van der Waals surface area (Å²) < 4.78 is 1.58. The van der Waals surface area contributed by atoms with E-state index in [0.717, 1.165) is 37.4 Å². The predicted molar refractivity (Wildman–Crippen MR) is 96.8 cm³/mol. The molecule has 3 aromatic rings. The summed E-state index contributed by atoms with van der Waals surface area (Å²) in [5.74, 6) is 0.782. The Morgan fingerprint density at radius 3 is 2.54 bits per heavy atom. The molecule has 0 radical (unpaired) electrons. The molecule has 0 aliphatic carbocycles. The Labute approximate surface area is 140 Å². The molecule has 24 heavy (non-hydrogen) atoms. The topological polar surface area (TPSA) is 49.6 Å². The second-order valence-electron chi connectivity index (χ2n) is 6.15. The van der Waals surface area contributed by atoms with Gasteiger partial charge in [-0.2, -0.15) is 0 Å². The Kier molecular flexibility index (Phi) is 3.91. The van der Waals surface area contributed by atoms with Crippen molar-refractivity contribution in [3.63, 3.8) is 0 Å². The Balaban J connectivity index is 1.47. The number of nitrogens with one attached hydrogen (secondary N) is 1. The van der Waals surface area contributed by atoms with Crippen LogP contribution in [0.5, 0.6) is 0 Å². The van der Waals surface area contributed by atoms with E-state index in [1.807, 2.05) is 36.4 Å². The van der Waals surface area contributed by atoms with Crippen LogP contribution in [0.3, 0.4) is 0 Å². The summed E-state index contributed by atoms with van der Waals surface area (Å²) >= 11 is 0. The van der Waals surface area contributed by atoms with Gasteiger partial charge >= 0.3 is 0 Å². The molecule has 0 spiro atoms. The minimum absolute atomic E-state index is 0.0277. The van der Waals surface area contributed by atoms with Crippen LogP contribution in [-0.4, -0.2) is 28.5 Å². The first-order valence-electron chi connectivity index (χ1n) is 8.34. The van der Waals surface area contributed by atoms with Crippen molar-refractivity contribution in [3.05, 3.63) is 71.1 Å². The smallest absolute Gasteiger partial charge is 0.259 e. The SMILES string of the molecule is O=c1cc(N2CCC(Nc3ccccc3)CC2)nc2ccccn12. The summed E-state index contributed by atoms with van der Waals surface area (Å²) in [7, 11) is 0. The molecule has 4 rings (SSSR count). The zero-order chi connectivity index (χ0) is 16.4. The van der Waals surface area contributed by atoms with Crippen LogP contribution in [0.4, 0.5) is 11.5 Å². The molecule has 1 aromatic carbocycles. The quantitative estimate of drug-likeness (QED) is 0.806. The summed E-state index contributed by atoms with van der Waals surface area (Å²) in [6.45, 7) is 1.81. The van der Waals surface area contributed by atoms with Crippen LogP contribution < -0.4 is 15.8 Å². The molecule has 0 unspecified atom stereocenters. The van der Waals surface area contributed by atoms with Gasteiger partial charge in [0, 0.05) is 37.1 Å². The highest BCUT2D eigenvalue weighted by atomic mass is 16.1. The van der Waals surface area contributed by atoms with Crippen LogP contribution in [0.15, 0.2) is 65.6 Å². The van der Waals surface area contributed by atoms with Gasteiger partial charge in [0.2, 0.25) is 0 Å². The van der Waals surface area contributed by atoms with E-state index in [4.69, 9.17) is 0 Å². The van der Waals surface area contributed by atoms with Gasteiger partial charge in [0.25, 0.3) is 5.56 Å². The average Bonchev–Trinajstić information content (AvgIpc) is 2.63. The minimum atomic E-state index is -0.0277. The molecule has 2 aromatic heterocycles. The molecule has 1 aliphatic rings. The highest BCUT2D eigenvalue weighted by Crippen LogP contribution is 2.20. The molecule has 1 aliphatic heterocycles. The zero-order valence-corrected chi connectivity index (χ0v) is 13.4. The molecule has 3 heterocycles. The number of hydrogen-bond donors (Lipinski definition) is 1. The molecule has 122 valence electrons. The van der Waals surface area contributed by atoms with Gasteiger partial charge in [-0.1, -0.05) is 24.3 Å². The van der Waals surface area contributed by atoms with Crippen LogP contribution in [-0.2, 0) is 0 Å². The van der Waals surface area contributed by atoms with Gasteiger partial charge in [-0.25, -0.2) is 4.98 Å². The summed E-state index contributed by atoms with van der Waals surface area (Å²) in [4.78, 5) is 19.1. The van der Waals surface area contributed by atoms with Gasteiger partial charge in [0.15, 0.2) is 0 Å². The number of para-hydroxylation sites is 1. The second kappa shape index (κ2) is 6.35. The van der Waals surface area contributed by atoms with Crippen molar-refractivity contribution < 1.29 is 0 Å². The van der Waals surface area contributed by atoms with Gasteiger partial charge in [-0.05, 0) is 37.1 Å². The lowest BCUT2D eigenvalue weighted by atomic mass is 10.0. The lowest BCUT2D eigenvalue weighted by molar-refractivity contribution is 0.523. The van der Waals surface area contributed by atoms with Crippen LogP contribution in [0.1, 0.15) is 12.8 Å². The monoisotopic (exact) mass is 320 g/mol. The highest BCUT2D eigenvalue weighted by molar-refractivity contribution is 5.49. The first-order valence-corrected chi connectivity index (χ1v) is 8.34. The van der Waals surface area contributed by atoms with Crippen LogP contribution in [0.25, 0.3) is 5.65 Å². The number of fused-ring (bicyclic) bond motifs is 1.